The molecular weight excluding hydrogens is 230 g/mol. The number of hydrogen-bond donors (Lipinski definition) is 1. The summed E-state index contributed by atoms with van der Waals surface area (Å²) in [5, 5.41) is 0. The van der Waals surface area contributed by atoms with E-state index in [-0.39, 0.29) is 0 Å². The van der Waals surface area contributed by atoms with Gasteiger partial charge in [-0.3, -0.25) is 0 Å². The first-order valence-corrected chi connectivity index (χ1v) is 8.44. The Balaban J connectivity index is 2.44. The maximum atomic E-state index is 6.22. The maximum Gasteiger partial charge on any atom is 0.00442 e. The first-order valence-electron chi connectivity index (χ1n) is 8.44. The molecule has 0 aliphatic heterocycles. The standard InChI is InChI=1S/C18H35N/c1-5-7-9-14(3)10-11-18-15(4)12-17(19)13-16(18)8-6-2/h5,14-18H,1,6-13,19H2,2-4H3/t14?,15?,16?,17?,18-/m1/s1. The summed E-state index contributed by atoms with van der Waals surface area (Å²) in [4.78, 5) is 0. The van der Waals surface area contributed by atoms with Gasteiger partial charge in [-0.05, 0) is 55.8 Å². The third kappa shape index (κ3) is 5.69. The van der Waals surface area contributed by atoms with Gasteiger partial charge in [-0.1, -0.05) is 46.1 Å². The lowest BCUT2D eigenvalue weighted by atomic mass is 9.67. The van der Waals surface area contributed by atoms with Crippen LogP contribution in [0.1, 0.15) is 72.1 Å². The molecule has 1 heteroatoms. The molecule has 1 fully saturated rings. The molecule has 1 aliphatic rings. The molecule has 0 saturated heterocycles. The van der Waals surface area contributed by atoms with E-state index in [0.717, 1.165) is 23.7 Å². The van der Waals surface area contributed by atoms with E-state index in [4.69, 9.17) is 5.73 Å². The fourth-order valence-corrected chi connectivity index (χ4v) is 4.02. The Labute approximate surface area is 121 Å². The van der Waals surface area contributed by atoms with E-state index in [1.807, 2.05) is 0 Å². The van der Waals surface area contributed by atoms with Crippen LogP contribution in [0.5, 0.6) is 0 Å². The predicted molar refractivity (Wildman–Crippen MR) is 86.1 cm³/mol. The summed E-state index contributed by atoms with van der Waals surface area (Å²) < 4.78 is 0. The molecule has 0 aromatic heterocycles. The minimum atomic E-state index is 0.459. The zero-order chi connectivity index (χ0) is 14.3. The smallest absolute Gasteiger partial charge is 0.00442 e. The molecule has 2 N–H and O–H groups in total. The van der Waals surface area contributed by atoms with E-state index >= 15 is 0 Å². The Morgan fingerprint density at radius 2 is 2.00 bits per heavy atom. The fourth-order valence-electron chi connectivity index (χ4n) is 4.02. The molecule has 0 radical (unpaired) electrons. The number of nitrogens with two attached hydrogens (primary N) is 1. The monoisotopic (exact) mass is 265 g/mol. The second-order valence-electron chi connectivity index (χ2n) is 6.97. The van der Waals surface area contributed by atoms with Gasteiger partial charge in [0.15, 0.2) is 0 Å². The van der Waals surface area contributed by atoms with Gasteiger partial charge in [0.1, 0.15) is 0 Å². The molecule has 1 nitrogen and oxygen atoms in total. The van der Waals surface area contributed by atoms with E-state index in [2.05, 4.69) is 33.4 Å². The average Bonchev–Trinajstić information content (AvgIpc) is 2.35. The highest BCUT2D eigenvalue weighted by Gasteiger charge is 2.33. The van der Waals surface area contributed by atoms with Gasteiger partial charge in [-0.25, -0.2) is 0 Å². The summed E-state index contributed by atoms with van der Waals surface area (Å²) in [6.45, 7) is 11.0. The molecule has 5 atom stereocenters. The first kappa shape index (κ1) is 16.8. The van der Waals surface area contributed by atoms with Gasteiger partial charge in [-0.2, -0.15) is 0 Å². The minimum Gasteiger partial charge on any atom is -0.328 e. The zero-order valence-electron chi connectivity index (χ0n) is 13.4. The first-order chi connectivity index (χ1) is 9.08. The van der Waals surface area contributed by atoms with Crippen molar-refractivity contribution in [3.63, 3.8) is 0 Å². The van der Waals surface area contributed by atoms with Gasteiger partial charge in [0, 0.05) is 6.04 Å². The van der Waals surface area contributed by atoms with Crippen molar-refractivity contribution in [1.29, 1.82) is 0 Å². The van der Waals surface area contributed by atoms with Gasteiger partial charge in [0.25, 0.3) is 0 Å². The summed E-state index contributed by atoms with van der Waals surface area (Å²) in [7, 11) is 0. The van der Waals surface area contributed by atoms with Gasteiger partial charge in [-0.15, -0.1) is 6.58 Å². The predicted octanol–water partition coefficient (Wildman–Crippen LogP) is 5.16. The largest absolute Gasteiger partial charge is 0.328 e. The van der Waals surface area contributed by atoms with Gasteiger partial charge in [0.05, 0.1) is 0 Å². The lowest BCUT2D eigenvalue weighted by Gasteiger charge is -2.40. The van der Waals surface area contributed by atoms with E-state index in [1.54, 1.807) is 0 Å². The van der Waals surface area contributed by atoms with Crippen molar-refractivity contribution < 1.29 is 0 Å². The highest BCUT2D eigenvalue weighted by atomic mass is 14.7. The molecule has 0 amide bonds. The summed E-state index contributed by atoms with van der Waals surface area (Å²) in [5.74, 6) is 3.48. The molecule has 0 heterocycles. The molecule has 19 heavy (non-hydrogen) atoms. The van der Waals surface area contributed by atoms with Gasteiger partial charge in [0.2, 0.25) is 0 Å². The topological polar surface area (TPSA) is 26.0 Å². The van der Waals surface area contributed by atoms with Crippen molar-refractivity contribution in [2.45, 2.75) is 78.2 Å². The van der Waals surface area contributed by atoms with Crippen LogP contribution in [0.4, 0.5) is 0 Å². The molecular formula is C18H35N. The summed E-state index contributed by atoms with van der Waals surface area (Å²) >= 11 is 0. The van der Waals surface area contributed by atoms with Crippen molar-refractivity contribution in [3.05, 3.63) is 12.7 Å². The highest BCUT2D eigenvalue weighted by molar-refractivity contribution is 4.86. The lowest BCUT2D eigenvalue weighted by molar-refractivity contribution is 0.122. The van der Waals surface area contributed by atoms with Gasteiger partial charge < -0.3 is 5.73 Å². The minimum absolute atomic E-state index is 0.459. The van der Waals surface area contributed by atoms with Crippen LogP contribution in [0.25, 0.3) is 0 Å². The van der Waals surface area contributed by atoms with Crippen LogP contribution >= 0.6 is 0 Å². The third-order valence-electron chi connectivity index (χ3n) is 5.13. The van der Waals surface area contributed by atoms with Crippen molar-refractivity contribution in [1.82, 2.24) is 0 Å². The molecule has 0 aromatic carbocycles. The molecule has 0 bridgehead atoms. The lowest BCUT2D eigenvalue weighted by Crippen LogP contribution is -2.38. The van der Waals surface area contributed by atoms with Crippen LogP contribution in [0.15, 0.2) is 12.7 Å². The van der Waals surface area contributed by atoms with Crippen LogP contribution in [0.2, 0.25) is 0 Å². The van der Waals surface area contributed by atoms with E-state index in [1.165, 1.54) is 51.4 Å². The Kier molecular flexibility index (Phi) is 7.75. The summed E-state index contributed by atoms with van der Waals surface area (Å²) in [6, 6.07) is 0.459. The quantitative estimate of drug-likeness (QED) is 0.603. The second kappa shape index (κ2) is 8.79. The van der Waals surface area contributed by atoms with Crippen molar-refractivity contribution in [2.24, 2.45) is 29.4 Å². The normalized spacial score (nSPS) is 33.1. The van der Waals surface area contributed by atoms with E-state index in [0.29, 0.717) is 6.04 Å². The van der Waals surface area contributed by atoms with Crippen molar-refractivity contribution in [2.75, 3.05) is 0 Å². The van der Waals surface area contributed by atoms with Gasteiger partial charge >= 0.3 is 0 Å². The maximum absolute atomic E-state index is 6.22. The van der Waals surface area contributed by atoms with Crippen LogP contribution in [0.3, 0.4) is 0 Å². The fraction of sp³-hybridized carbons (Fsp3) is 0.889. The van der Waals surface area contributed by atoms with Crippen LogP contribution in [0, 0.1) is 23.7 Å². The molecule has 112 valence electrons. The molecule has 1 aliphatic carbocycles. The Hall–Kier alpha value is -0.300. The number of hydrogen-bond acceptors (Lipinski definition) is 1. The van der Waals surface area contributed by atoms with Crippen LogP contribution < -0.4 is 5.73 Å². The molecule has 4 unspecified atom stereocenters. The average molecular weight is 265 g/mol. The van der Waals surface area contributed by atoms with Crippen LogP contribution in [-0.2, 0) is 0 Å². The number of rotatable bonds is 8. The van der Waals surface area contributed by atoms with Crippen molar-refractivity contribution >= 4 is 0 Å². The third-order valence-corrected chi connectivity index (χ3v) is 5.13. The molecule has 1 saturated carbocycles. The summed E-state index contributed by atoms with van der Waals surface area (Å²) in [6.07, 6.45) is 12.5. The Morgan fingerprint density at radius 1 is 1.26 bits per heavy atom. The molecule has 1 rings (SSSR count). The SMILES string of the molecule is C=CCCC(C)CC[C@@H]1C(C)CC(N)CC1CCC. The number of allylic oxidation sites excluding steroid dienone is 1. The van der Waals surface area contributed by atoms with E-state index in [9.17, 15) is 0 Å². The second-order valence-corrected chi connectivity index (χ2v) is 6.97. The van der Waals surface area contributed by atoms with Crippen LogP contribution in [-0.4, -0.2) is 6.04 Å². The highest BCUT2D eigenvalue weighted by Crippen LogP contribution is 2.40. The van der Waals surface area contributed by atoms with E-state index < -0.39 is 0 Å². The summed E-state index contributed by atoms with van der Waals surface area (Å²) in [5.41, 5.74) is 6.22. The molecule has 0 aromatic rings. The zero-order valence-corrected chi connectivity index (χ0v) is 13.4. The Bertz CT molecular complexity index is 248. The molecule has 0 spiro atoms. The van der Waals surface area contributed by atoms with Crippen molar-refractivity contribution in [3.8, 4) is 0 Å². The Morgan fingerprint density at radius 3 is 2.63 bits per heavy atom.